The molecule has 66 valence electrons. The van der Waals surface area contributed by atoms with Gasteiger partial charge in [0.05, 0.1) is 5.38 Å². The predicted molar refractivity (Wildman–Crippen MR) is 48.4 cm³/mol. The maximum absolute atomic E-state index is 10.4. The van der Waals surface area contributed by atoms with Crippen LogP contribution >= 0.6 is 35.0 Å². The molecule has 0 rings (SSSR count). The monoisotopic (exact) mass is 217 g/mol. The normalized spacial score (nSPS) is 18.9. The molecule has 6 heteroatoms. The fourth-order valence-electron chi connectivity index (χ4n) is 0.402. The van der Waals surface area contributed by atoms with Crippen LogP contribution in [0.15, 0.2) is 0 Å². The van der Waals surface area contributed by atoms with Crippen LogP contribution in [0.2, 0.25) is 0 Å². The number of rotatable bonds is 4. The van der Waals surface area contributed by atoms with E-state index in [1.807, 2.05) is 0 Å². The Hall–Kier alpha value is 0.360. The largest absolute Gasteiger partial charge is 0.479 e. The predicted octanol–water partition coefficient (Wildman–Crippen LogP) is 0.935. The van der Waals surface area contributed by atoms with Gasteiger partial charge in [-0.3, -0.25) is 0 Å². The van der Waals surface area contributed by atoms with Gasteiger partial charge in [0.15, 0.2) is 0 Å². The Morgan fingerprint density at radius 2 is 2.36 bits per heavy atom. The van der Waals surface area contributed by atoms with E-state index >= 15 is 0 Å². The molecule has 0 aliphatic rings. The zero-order valence-corrected chi connectivity index (χ0v) is 8.21. The summed E-state index contributed by atoms with van der Waals surface area (Å²) in [4.78, 5) is 8.53. The first kappa shape index (κ1) is 11.4. The van der Waals surface area contributed by atoms with E-state index in [4.69, 9.17) is 34.0 Å². The topological polar surface area (TPSA) is 63.3 Å². The summed E-state index contributed by atoms with van der Waals surface area (Å²) in [5, 5.41) is 7.72. The lowest BCUT2D eigenvalue weighted by molar-refractivity contribution is -0.140. The zero-order valence-electron chi connectivity index (χ0n) is 5.88. The van der Waals surface area contributed by atoms with Crippen LogP contribution in [0.3, 0.4) is 0 Å². The molecule has 0 amide bonds. The fraction of sp³-hybridized carbons (Fsp3) is 0.800. The van der Waals surface area contributed by atoms with E-state index in [0.717, 1.165) is 0 Å². The first-order valence-corrected chi connectivity index (χ1v) is 4.98. The van der Waals surface area contributed by atoms with Crippen molar-refractivity contribution in [1.29, 1.82) is 0 Å². The highest BCUT2D eigenvalue weighted by Gasteiger charge is 2.39. The molecule has 0 fully saturated rings. The molecule has 11 heavy (non-hydrogen) atoms. The average Bonchev–Trinajstić information content (AvgIpc) is 1.88. The lowest BCUT2D eigenvalue weighted by atomic mass is 10.2. The van der Waals surface area contributed by atoms with Crippen molar-refractivity contribution in [3.05, 3.63) is 0 Å². The second kappa shape index (κ2) is 4.40. The first-order valence-electron chi connectivity index (χ1n) is 2.77. The van der Waals surface area contributed by atoms with Crippen molar-refractivity contribution < 1.29 is 9.90 Å². The summed E-state index contributed by atoms with van der Waals surface area (Å²) in [5.74, 6) is -0.887. The van der Waals surface area contributed by atoms with Crippen LogP contribution in [0.4, 0.5) is 0 Å². The average molecular weight is 218 g/mol. The zero-order chi connectivity index (χ0) is 9.07. The molecule has 0 bridgehead atoms. The summed E-state index contributed by atoms with van der Waals surface area (Å²) in [5.41, 5.74) is 5.21. The van der Waals surface area contributed by atoms with Gasteiger partial charge in [-0.05, 0) is 6.26 Å². The molecule has 0 radical (unpaired) electrons. The third-order valence-corrected chi connectivity index (χ3v) is 2.98. The van der Waals surface area contributed by atoms with Crippen molar-refractivity contribution >= 4 is 40.9 Å². The lowest BCUT2D eigenvalue weighted by Gasteiger charge is -2.21. The number of hydrogen-bond acceptors (Lipinski definition) is 3. The van der Waals surface area contributed by atoms with Gasteiger partial charge in [0.2, 0.25) is 5.00 Å². The summed E-state index contributed by atoms with van der Waals surface area (Å²) in [6.45, 7) is 0. The van der Waals surface area contributed by atoms with E-state index in [-0.39, 0.29) is 0 Å². The first-order chi connectivity index (χ1) is 4.92. The van der Waals surface area contributed by atoms with Crippen molar-refractivity contribution in [1.82, 2.24) is 0 Å². The van der Waals surface area contributed by atoms with Gasteiger partial charge in [-0.1, -0.05) is 11.6 Å². The summed E-state index contributed by atoms with van der Waals surface area (Å²) < 4.78 is 0. The molecule has 0 aliphatic carbocycles. The molecule has 3 nitrogen and oxygen atoms in total. The molecule has 0 saturated heterocycles. The van der Waals surface area contributed by atoms with Crippen molar-refractivity contribution in [3.63, 3.8) is 0 Å². The Bertz CT molecular complexity index is 153. The maximum Gasteiger partial charge on any atom is 0.340 e. The van der Waals surface area contributed by atoms with Gasteiger partial charge in [-0.15, -0.1) is 11.6 Å². The summed E-state index contributed by atoms with van der Waals surface area (Å²) in [7, 11) is 0. The molecular weight excluding hydrogens is 209 g/mol. The Morgan fingerprint density at radius 3 is 2.64 bits per heavy atom. The molecule has 0 saturated carbocycles. The lowest BCUT2D eigenvalue weighted by Crippen LogP contribution is -2.51. The molecule has 0 aromatic rings. The number of carboxylic acids is 1. The summed E-state index contributed by atoms with van der Waals surface area (Å²) >= 11 is 12.4. The van der Waals surface area contributed by atoms with Crippen molar-refractivity contribution in [2.45, 2.75) is 10.4 Å². The second-order valence-corrected chi connectivity index (χ2v) is 4.06. The van der Waals surface area contributed by atoms with Crippen LogP contribution in [0.1, 0.15) is 0 Å². The van der Waals surface area contributed by atoms with Gasteiger partial charge in [-0.25, -0.2) is 4.79 Å². The minimum atomic E-state index is -1.86. The van der Waals surface area contributed by atoms with E-state index in [1.165, 1.54) is 11.8 Å². The Kier molecular flexibility index (Phi) is 4.55. The summed E-state index contributed by atoms with van der Waals surface area (Å²) in [6, 6.07) is 0. The van der Waals surface area contributed by atoms with Crippen molar-refractivity contribution in [2.24, 2.45) is 5.73 Å². The highest BCUT2D eigenvalue weighted by atomic mass is 35.5. The molecule has 3 N–H and O–H groups in total. The minimum Gasteiger partial charge on any atom is -0.479 e. The highest BCUT2D eigenvalue weighted by Crippen LogP contribution is 2.21. The van der Waals surface area contributed by atoms with E-state index in [9.17, 15) is 4.79 Å². The van der Waals surface area contributed by atoms with E-state index in [2.05, 4.69) is 0 Å². The van der Waals surface area contributed by atoms with Crippen molar-refractivity contribution in [2.75, 3.05) is 12.0 Å². The van der Waals surface area contributed by atoms with Crippen LogP contribution < -0.4 is 5.73 Å². The number of thioether (sulfide) groups is 1. The fourth-order valence-corrected chi connectivity index (χ4v) is 1.60. The van der Waals surface area contributed by atoms with Gasteiger partial charge in [0.1, 0.15) is 0 Å². The molecule has 2 unspecified atom stereocenters. The standard InChI is InChI=1S/C5H9Cl2NO2S/c1-11-2-3(6)5(7,8)4(9)10/h3H,2,8H2,1H3,(H,9,10). The number of aliphatic carboxylic acids is 1. The number of hydrogen-bond donors (Lipinski definition) is 2. The Labute approximate surface area is 79.2 Å². The number of carboxylic acid groups (broad SMARTS) is 1. The van der Waals surface area contributed by atoms with Gasteiger partial charge < -0.3 is 10.8 Å². The van der Waals surface area contributed by atoms with E-state index in [1.54, 1.807) is 6.26 Å². The Balaban J connectivity index is 4.17. The van der Waals surface area contributed by atoms with E-state index in [0.29, 0.717) is 5.75 Å². The molecule has 0 aromatic carbocycles. The highest BCUT2D eigenvalue weighted by molar-refractivity contribution is 7.98. The molecule has 0 spiro atoms. The van der Waals surface area contributed by atoms with Gasteiger partial charge >= 0.3 is 5.97 Å². The number of carbonyl (C=O) groups is 1. The molecule has 0 heterocycles. The van der Waals surface area contributed by atoms with Crippen LogP contribution in [0.5, 0.6) is 0 Å². The maximum atomic E-state index is 10.4. The van der Waals surface area contributed by atoms with Crippen LogP contribution in [-0.2, 0) is 4.79 Å². The third-order valence-electron chi connectivity index (χ3n) is 1.10. The minimum absolute atomic E-state index is 0.411. The van der Waals surface area contributed by atoms with Crippen LogP contribution in [0.25, 0.3) is 0 Å². The van der Waals surface area contributed by atoms with Crippen LogP contribution in [-0.4, -0.2) is 33.5 Å². The van der Waals surface area contributed by atoms with Gasteiger partial charge in [0.25, 0.3) is 0 Å². The number of nitrogens with two attached hydrogens (primary N) is 1. The smallest absolute Gasteiger partial charge is 0.340 e. The van der Waals surface area contributed by atoms with E-state index < -0.39 is 16.3 Å². The molecular formula is C5H9Cl2NO2S. The molecule has 0 aliphatic heterocycles. The quantitative estimate of drug-likeness (QED) is 0.544. The second-order valence-electron chi connectivity index (χ2n) is 2.00. The number of halogens is 2. The molecule has 0 aromatic heterocycles. The van der Waals surface area contributed by atoms with Crippen molar-refractivity contribution in [3.8, 4) is 0 Å². The SMILES string of the molecule is CSCC(Cl)C(N)(Cl)C(=O)O. The van der Waals surface area contributed by atoms with Gasteiger partial charge in [-0.2, -0.15) is 11.8 Å². The molecule has 2 atom stereocenters. The number of alkyl halides is 2. The van der Waals surface area contributed by atoms with Crippen LogP contribution in [0, 0.1) is 0 Å². The summed E-state index contributed by atoms with van der Waals surface area (Å²) in [6.07, 6.45) is 1.80. The Morgan fingerprint density at radius 1 is 1.91 bits per heavy atom. The van der Waals surface area contributed by atoms with Gasteiger partial charge in [0, 0.05) is 5.75 Å². The third kappa shape index (κ3) is 3.07.